The molecule has 1 aromatic heterocycles. The average Bonchev–Trinajstić information content (AvgIpc) is 2.10. The molecule has 0 aliphatic heterocycles. The van der Waals surface area contributed by atoms with Crippen LogP contribution in [0, 0.1) is 19.8 Å². The van der Waals surface area contributed by atoms with Gasteiger partial charge in [-0.15, -0.1) is 0 Å². The van der Waals surface area contributed by atoms with Crippen LogP contribution in [-0.4, -0.2) is 11.5 Å². The average molecular weight is 192 g/mol. The summed E-state index contributed by atoms with van der Waals surface area (Å²) in [5, 5.41) is 3.37. The highest BCUT2D eigenvalue weighted by molar-refractivity contribution is 5.43. The van der Waals surface area contributed by atoms with Crippen molar-refractivity contribution in [3.05, 3.63) is 23.4 Å². The molecule has 0 radical (unpaired) electrons. The second kappa shape index (κ2) is 4.99. The molecule has 1 N–H and O–H groups in total. The quantitative estimate of drug-likeness (QED) is 0.792. The fourth-order valence-electron chi connectivity index (χ4n) is 1.28. The minimum absolute atomic E-state index is 0.743. The first-order valence-corrected chi connectivity index (χ1v) is 5.27. The summed E-state index contributed by atoms with van der Waals surface area (Å²) in [6.07, 6.45) is 1.19. The molecule has 0 spiro atoms. The van der Waals surface area contributed by atoms with Crippen LogP contribution < -0.4 is 5.32 Å². The first kappa shape index (κ1) is 11.0. The highest BCUT2D eigenvalue weighted by atomic mass is 15.0. The summed E-state index contributed by atoms with van der Waals surface area (Å²) in [4.78, 5) is 4.46. The van der Waals surface area contributed by atoms with Crippen LogP contribution >= 0.6 is 0 Å². The largest absolute Gasteiger partial charge is 0.370 e. The van der Waals surface area contributed by atoms with Crippen molar-refractivity contribution in [2.75, 3.05) is 11.9 Å². The van der Waals surface area contributed by atoms with E-state index < -0.39 is 0 Å². The predicted octanol–water partition coefficient (Wildman–Crippen LogP) is 3.16. The van der Waals surface area contributed by atoms with Gasteiger partial charge in [0, 0.05) is 12.2 Å². The van der Waals surface area contributed by atoms with Gasteiger partial charge < -0.3 is 5.32 Å². The highest BCUT2D eigenvalue weighted by Gasteiger charge is 1.99. The van der Waals surface area contributed by atoms with Gasteiger partial charge in [-0.2, -0.15) is 0 Å². The van der Waals surface area contributed by atoms with Crippen LogP contribution in [0.3, 0.4) is 0 Å². The molecule has 1 rings (SSSR count). The molecule has 0 atom stereocenters. The number of aromatic nitrogens is 1. The summed E-state index contributed by atoms with van der Waals surface area (Å²) in [5.74, 6) is 1.78. The summed E-state index contributed by atoms with van der Waals surface area (Å²) in [6.45, 7) is 9.59. The molecule has 0 aliphatic rings. The third-order valence-electron chi connectivity index (χ3n) is 2.25. The molecule has 2 heteroatoms. The summed E-state index contributed by atoms with van der Waals surface area (Å²) in [6, 6.07) is 4.16. The lowest BCUT2D eigenvalue weighted by Crippen LogP contribution is -2.07. The van der Waals surface area contributed by atoms with Crippen LogP contribution in [0.5, 0.6) is 0 Å². The Morgan fingerprint density at radius 2 is 2.00 bits per heavy atom. The van der Waals surface area contributed by atoms with Crippen molar-refractivity contribution in [2.45, 2.75) is 34.1 Å². The Labute approximate surface area is 86.8 Å². The van der Waals surface area contributed by atoms with E-state index in [1.807, 2.05) is 13.0 Å². The minimum Gasteiger partial charge on any atom is -0.370 e. The van der Waals surface area contributed by atoms with Crippen LogP contribution in [0.2, 0.25) is 0 Å². The van der Waals surface area contributed by atoms with Gasteiger partial charge >= 0.3 is 0 Å². The Hall–Kier alpha value is -1.05. The molecule has 78 valence electrons. The van der Waals surface area contributed by atoms with Crippen LogP contribution in [0.25, 0.3) is 0 Å². The van der Waals surface area contributed by atoms with E-state index in [2.05, 4.69) is 37.1 Å². The zero-order valence-corrected chi connectivity index (χ0v) is 9.59. The van der Waals surface area contributed by atoms with Crippen molar-refractivity contribution in [3.63, 3.8) is 0 Å². The van der Waals surface area contributed by atoms with Crippen molar-refractivity contribution in [1.29, 1.82) is 0 Å². The van der Waals surface area contributed by atoms with Crippen LogP contribution in [0.15, 0.2) is 12.1 Å². The molecule has 2 nitrogen and oxygen atoms in total. The van der Waals surface area contributed by atoms with Gasteiger partial charge in [0.1, 0.15) is 5.82 Å². The first-order chi connectivity index (χ1) is 6.59. The lowest BCUT2D eigenvalue weighted by Gasteiger charge is -2.10. The molecule has 0 bridgehead atoms. The molecule has 0 saturated carbocycles. The molecule has 0 aliphatic carbocycles. The van der Waals surface area contributed by atoms with E-state index in [4.69, 9.17) is 0 Å². The molecule has 0 fully saturated rings. The molecule has 14 heavy (non-hydrogen) atoms. The summed E-state index contributed by atoms with van der Waals surface area (Å²) < 4.78 is 0. The van der Waals surface area contributed by atoms with E-state index in [9.17, 15) is 0 Å². The molecule has 0 unspecified atom stereocenters. The normalized spacial score (nSPS) is 10.6. The van der Waals surface area contributed by atoms with Crippen LogP contribution in [0.1, 0.15) is 31.5 Å². The second-order valence-electron chi connectivity index (χ2n) is 4.23. The van der Waals surface area contributed by atoms with Crippen molar-refractivity contribution in [3.8, 4) is 0 Å². The number of nitrogens with zero attached hydrogens (tertiary/aromatic N) is 1. The maximum atomic E-state index is 4.46. The van der Waals surface area contributed by atoms with E-state index >= 15 is 0 Å². The molecule has 0 saturated heterocycles. The minimum atomic E-state index is 0.743. The number of hydrogen-bond donors (Lipinski definition) is 1. The van der Waals surface area contributed by atoms with Gasteiger partial charge in [-0.3, -0.25) is 0 Å². The Bertz CT molecular complexity index is 292. The number of hydrogen-bond acceptors (Lipinski definition) is 2. The zero-order chi connectivity index (χ0) is 10.6. The van der Waals surface area contributed by atoms with Crippen molar-refractivity contribution in [1.82, 2.24) is 4.98 Å². The van der Waals surface area contributed by atoms with E-state index in [0.29, 0.717) is 0 Å². The Morgan fingerprint density at radius 1 is 1.29 bits per heavy atom. The van der Waals surface area contributed by atoms with Crippen molar-refractivity contribution in [2.24, 2.45) is 5.92 Å². The molecule has 1 aromatic rings. The van der Waals surface area contributed by atoms with Gasteiger partial charge in [0.25, 0.3) is 0 Å². The number of nitrogens with one attached hydrogen (secondary N) is 1. The molecular weight excluding hydrogens is 172 g/mol. The van der Waals surface area contributed by atoms with E-state index in [1.54, 1.807) is 0 Å². The van der Waals surface area contributed by atoms with Gasteiger partial charge in [0.05, 0.1) is 0 Å². The Morgan fingerprint density at radius 3 is 2.64 bits per heavy atom. The number of aryl methyl sites for hydroxylation is 2. The SMILES string of the molecule is Cc1ccc(C)c(NCCC(C)C)n1. The summed E-state index contributed by atoms with van der Waals surface area (Å²) in [7, 11) is 0. The third-order valence-corrected chi connectivity index (χ3v) is 2.25. The maximum absolute atomic E-state index is 4.46. The van der Waals surface area contributed by atoms with E-state index in [-0.39, 0.29) is 0 Å². The molecule has 0 amide bonds. The number of rotatable bonds is 4. The monoisotopic (exact) mass is 192 g/mol. The summed E-state index contributed by atoms with van der Waals surface area (Å²) in [5.41, 5.74) is 2.29. The van der Waals surface area contributed by atoms with Crippen LogP contribution in [-0.2, 0) is 0 Å². The predicted molar refractivity (Wildman–Crippen MR) is 61.7 cm³/mol. The van der Waals surface area contributed by atoms with Gasteiger partial charge in [0.2, 0.25) is 0 Å². The van der Waals surface area contributed by atoms with Gasteiger partial charge in [-0.05, 0) is 37.8 Å². The number of anilines is 1. The topological polar surface area (TPSA) is 24.9 Å². The van der Waals surface area contributed by atoms with Crippen molar-refractivity contribution >= 4 is 5.82 Å². The zero-order valence-electron chi connectivity index (χ0n) is 9.59. The molecule has 1 heterocycles. The molecule has 0 aromatic carbocycles. The summed E-state index contributed by atoms with van der Waals surface area (Å²) >= 11 is 0. The number of pyridine rings is 1. The maximum Gasteiger partial charge on any atom is 0.129 e. The fourth-order valence-corrected chi connectivity index (χ4v) is 1.28. The first-order valence-electron chi connectivity index (χ1n) is 5.27. The van der Waals surface area contributed by atoms with E-state index in [0.717, 1.165) is 24.0 Å². The van der Waals surface area contributed by atoms with Gasteiger partial charge in [-0.25, -0.2) is 4.98 Å². The Kier molecular flexibility index (Phi) is 3.93. The highest BCUT2D eigenvalue weighted by Crippen LogP contribution is 2.12. The smallest absolute Gasteiger partial charge is 0.129 e. The van der Waals surface area contributed by atoms with Crippen molar-refractivity contribution < 1.29 is 0 Å². The van der Waals surface area contributed by atoms with Gasteiger partial charge in [0.15, 0.2) is 0 Å². The standard InChI is InChI=1S/C12H20N2/c1-9(2)7-8-13-12-10(3)5-6-11(4)14-12/h5-6,9H,7-8H2,1-4H3,(H,13,14). The lowest BCUT2D eigenvalue weighted by molar-refractivity contribution is 0.606. The molecular formula is C12H20N2. The van der Waals surface area contributed by atoms with Crippen LogP contribution in [0.4, 0.5) is 5.82 Å². The van der Waals surface area contributed by atoms with E-state index in [1.165, 1.54) is 12.0 Å². The van der Waals surface area contributed by atoms with Gasteiger partial charge in [-0.1, -0.05) is 19.9 Å². The Balaban J connectivity index is 2.53. The second-order valence-corrected chi connectivity index (χ2v) is 4.23. The third kappa shape index (κ3) is 3.36. The fraction of sp³-hybridized carbons (Fsp3) is 0.583. The lowest BCUT2D eigenvalue weighted by atomic mass is 10.1.